The van der Waals surface area contributed by atoms with Gasteiger partial charge in [0.05, 0.1) is 22.8 Å². The van der Waals surface area contributed by atoms with Gasteiger partial charge in [-0.15, -0.1) is 0 Å². The zero-order valence-corrected chi connectivity index (χ0v) is 19.1. The topological polar surface area (TPSA) is 96.2 Å². The lowest BCUT2D eigenvalue weighted by molar-refractivity contribution is -0.143. The van der Waals surface area contributed by atoms with Gasteiger partial charge in [0, 0.05) is 18.8 Å². The molecule has 0 saturated heterocycles. The highest BCUT2D eigenvalue weighted by Crippen LogP contribution is 2.55. The van der Waals surface area contributed by atoms with Gasteiger partial charge in [0.25, 0.3) is 5.91 Å². The van der Waals surface area contributed by atoms with Crippen LogP contribution in [0.1, 0.15) is 68.9 Å². The fourth-order valence-corrected chi connectivity index (χ4v) is 6.09. The van der Waals surface area contributed by atoms with Crippen LogP contribution < -0.4 is 10.6 Å². The summed E-state index contributed by atoms with van der Waals surface area (Å²) in [5.74, 6) is -0.565. The molecule has 7 nitrogen and oxygen atoms in total. The summed E-state index contributed by atoms with van der Waals surface area (Å²) in [4.78, 5) is 25.1. The van der Waals surface area contributed by atoms with Gasteiger partial charge in [-0.3, -0.25) is 9.59 Å². The highest BCUT2D eigenvalue weighted by atomic mass is 19.4. The van der Waals surface area contributed by atoms with E-state index in [9.17, 15) is 27.9 Å². The number of halogens is 3. The zero-order valence-electron chi connectivity index (χ0n) is 19.1. The number of carbonyl (C=O) groups excluding carboxylic acids is 2. The molecule has 2 unspecified atom stereocenters. The summed E-state index contributed by atoms with van der Waals surface area (Å²) in [7, 11) is 0. The molecule has 0 aliphatic heterocycles. The molecule has 0 radical (unpaired) electrons. The molecule has 33 heavy (non-hydrogen) atoms. The summed E-state index contributed by atoms with van der Waals surface area (Å²) in [5.41, 5.74) is -3.48. The number of aliphatic hydroxyl groups is 1. The highest BCUT2D eigenvalue weighted by molar-refractivity contribution is 5.95. The third kappa shape index (κ3) is 4.54. The first-order valence-corrected chi connectivity index (χ1v) is 11.5. The minimum Gasteiger partial charge on any atom is -0.390 e. The molecule has 2 atom stereocenters. The van der Waals surface area contributed by atoms with E-state index < -0.39 is 34.4 Å². The smallest absolute Gasteiger partial charge is 0.390 e. The maximum Gasteiger partial charge on any atom is 0.434 e. The molecule has 1 aromatic rings. The Morgan fingerprint density at radius 1 is 1.24 bits per heavy atom. The van der Waals surface area contributed by atoms with E-state index in [-0.39, 0.29) is 23.8 Å². The second kappa shape index (κ2) is 8.14. The average molecular weight is 469 g/mol. The summed E-state index contributed by atoms with van der Waals surface area (Å²) in [6.07, 6.45) is 2.22. The lowest BCUT2D eigenvalue weighted by Gasteiger charge is -2.58. The third-order valence-electron chi connectivity index (χ3n) is 7.40. The Bertz CT molecular complexity index is 953. The molecule has 2 amide bonds. The van der Waals surface area contributed by atoms with Gasteiger partial charge in [-0.05, 0) is 70.6 Å². The first-order valence-electron chi connectivity index (χ1n) is 11.5. The maximum absolute atomic E-state index is 13.9. The van der Waals surface area contributed by atoms with Gasteiger partial charge in [-0.2, -0.15) is 18.3 Å². The van der Waals surface area contributed by atoms with Crippen LogP contribution in [0.2, 0.25) is 0 Å². The Balaban J connectivity index is 1.56. The van der Waals surface area contributed by atoms with E-state index >= 15 is 0 Å². The minimum absolute atomic E-state index is 0.0763. The van der Waals surface area contributed by atoms with Crippen molar-refractivity contribution in [3.8, 4) is 0 Å². The van der Waals surface area contributed by atoms with Crippen molar-refractivity contribution in [2.24, 2.45) is 23.2 Å². The van der Waals surface area contributed by atoms with Crippen LogP contribution in [0.15, 0.2) is 12.3 Å². The number of hydrogen-bond acceptors (Lipinski definition) is 4. The zero-order chi connectivity index (χ0) is 24.2. The number of amides is 2. The first-order chi connectivity index (χ1) is 15.3. The summed E-state index contributed by atoms with van der Waals surface area (Å²) >= 11 is 0. The molecule has 182 valence electrons. The van der Waals surface area contributed by atoms with Crippen LogP contribution in [0.25, 0.3) is 6.20 Å². The summed E-state index contributed by atoms with van der Waals surface area (Å²) in [6, 6.07) is -0.244. The molecule has 4 fully saturated rings. The van der Waals surface area contributed by atoms with Crippen molar-refractivity contribution >= 4 is 18.0 Å². The largest absolute Gasteiger partial charge is 0.434 e. The van der Waals surface area contributed by atoms with Gasteiger partial charge >= 0.3 is 6.18 Å². The molecule has 1 aromatic heterocycles. The second-order valence-electron chi connectivity index (χ2n) is 10.4. The van der Waals surface area contributed by atoms with E-state index in [1.165, 1.54) is 6.08 Å². The van der Waals surface area contributed by atoms with E-state index in [2.05, 4.69) is 15.7 Å². The van der Waals surface area contributed by atoms with Crippen molar-refractivity contribution < 1.29 is 27.9 Å². The molecule has 3 N–H and O–H groups in total. The molecule has 0 aromatic carbocycles. The molecule has 1 heterocycles. The summed E-state index contributed by atoms with van der Waals surface area (Å²) in [6.45, 7) is 5.32. The minimum atomic E-state index is -4.82. The summed E-state index contributed by atoms with van der Waals surface area (Å²) < 4.78 is 42.4. The molecule has 4 bridgehead atoms. The number of alkyl halides is 3. The Labute approximate surface area is 190 Å². The van der Waals surface area contributed by atoms with E-state index in [1.807, 2.05) is 0 Å². The van der Waals surface area contributed by atoms with Gasteiger partial charge in [0.15, 0.2) is 5.69 Å². The van der Waals surface area contributed by atoms with Crippen LogP contribution in [-0.4, -0.2) is 44.9 Å². The van der Waals surface area contributed by atoms with Crippen LogP contribution in [0.3, 0.4) is 0 Å². The van der Waals surface area contributed by atoms with Crippen LogP contribution in [0, 0.1) is 23.2 Å². The predicted molar refractivity (Wildman–Crippen MR) is 115 cm³/mol. The third-order valence-corrected chi connectivity index (χ3v) is 7.40. The van der Waals surface area contributed by atoms with Crippen LogP contribution >= 0.6 is 0 Å². The number of aromatic nitrogens is 2. The summed E-state index contributed by atoms with van der Waals surface area (Å²) in [5, 5.41) is 20.0. The Morgan fingerprint density at radius 3 is 2.42 bits per heavy atom. The van der Waals surface area contributed by atoms with Crippen molar-refractivity contribution in [2.45, 2.75) is 70.7 Å². The fourth-order valence-electron chi connectivity index (χ4n) is 6.09. The molecule has 4 saturated carbocycles. The molecule has 0 spiro atoms. The molecular weight excluding hydrogens is 437 g/mol. The van der Waals surface area contributed by atoms with Crippen LogP contribution in [-0.2, 0) is 11.0 Å². The predicted octanol–water partition coefficient (Wildman–Crippen LogP) is 3.20. The number of hydrogen-bond donors (Lipinski definition) is 3. The van der Waals surface area contributed by atoms with E-state index in [4.69, 9.17) is 0 Å². The number of nitrogens with one attached hydrogen (secondary N) is 2. The molecule has 10 heteroatoms. The number of nitrogens with zero attached hydrogens (tertiary/aromatic N) is 2. The number of carbonyl (C=O) groups is 2. The van der Waals surface area contributed by atoms with E-state index in [1.54, 1.807) is 20.8 Å². The molecule has 4 aliphatic rings. The van der Waals surface area contributed by atoms with Crippen molar-refractivity contribution in [2.75, 3.05) is 6.54 Å². The molecule has 5 rings (SSSR count). The second-order valence-corrected chi connectivity index (χ2v) is 10.4. The highest BCUT2D eigenvalue weighted by Gasteiger charge is 2.55. The molecular formula is C23H31F3N4O3. The monoisotopic (exact) mass is 468 g/mol. The van der Waals surface area contributed by atoms with E-state index in [0.29, 0.717) is 30.0 Å². The Hall–Kier alpha value is -2.36. The first kappa shape index (κ1) is 23.8. The van der Waals surface area contributed by atoms with Crippen molar-refractivity contribution in [1.82, 2.24) is 20.4 Å². The lowest BCUT2D eigenvalue weighted by Crippen LogP contribution is -2.61. The van der Waals surface area contributed by atoms with Crippen molar-refractivity contribution in [3.63, 3.8) is 0 Å². The Morgan fingerprint density at radius 2 is 1.88 bits per heavy atom. The van der Waals surface area contributed by atoms with Gasteiger partial charge in [0.2, 0.25) is 5.91 Å². The van der Waals surface area contributed by atoms with Gasteiger partial charge < -0.3 is 15.7 Å². The van der Waals surface area contributed by atoms with Crippen LogP contribution in [0.4, 0.5) is 13.2 Å². The van der Waals surface area contributed by atoms with Crippen molar-refractivity contribution in [1.29, 1.82) is 0 Å². The Kier molecular flexibility index (Phi) is 5.87. The lowest BCUT2D eigenvalue weighted by atomic mass is 9.52. The standard InChI is InChI=1S/C23H31F3N4O3/c1-4-27-20(32)21(2,3)5-6-30-18(23(24,25)26)16(12-28-30)19(31)29-17-14-7-13-8-15(17)11-22(33,9-13)10-14/h5-6,12-15,17,33H,4,7-11H2,1-3H3,(H,27,32)(H,29,31)/b6-5+/t13?,14?,15?,17-,22-. The average Bonchev–Trinajstić information content (AvgIpc) is 3.13. The van der Waals surface area contributed by atoms with Crippen LogP contribution in [0.5, 0.6) is 0 Å². The quantitative estimate of drug-likeness (QED) is 0.598. The maximum atomic E-state index is 13.9. The van der Waals surface area contributed by atoms with Gasteiger partial charge in [-0.25, -0.2) is 4.68 Å². The molecule has 4 aliphatic carbocycles. The fraction of sp³-hybridized carbons (Fsp3) is 0.696. The number of rotatable bonds is 6. The van der Waals surface area contributed by atoms with Gasteiger partial charge in [-0.1, -0.05) is 6.08 Å². The van der Waals surface area contributed by atoms with Gasteiger partial charge in [0.1, 0.15) is 0 Å². The van der Waals surface area contributed by atoms with E-state index in [0.717, 1.165) is 31.7 Å². The van der Waals surface area contributed by atoms with Crippen molar-refractivity contribution in [3.05, 3.63) is 23.5 Å². The SMILES string of the molecule is CCNC(=O)C(C)(C)/C=C/n1ncc(C(=O)N[C@H]2C3CC4CC2C[C@](O)(C4)C3)c1C(F)(F)F. The normalized spacial score (nSPS) is 31.2.